The maximum atomic E-state index is 12.0. The van der Waals surface area contributed by atoms with Gasteiger partial charge in [-0.25, -0.2) is 0 Å². The van der Waals surface area contributed by atoms with Gasteiger partial charge in [0, 0.05) is 24.9 Å². The van der Waals surface area contributed by atoms with Gasteiger partial charge in [0.05, 0.1) is 0 Å². The highest BCUT2D eigenvalue weighted by atomic mass is 16.5. The molecule has 6 heteroatoms. The molecule has 6 nitrogen and oxygen atoms in total. The number of ether oxygens (including phenoxy) is 2. The van der Waals surface area contributed by atoms with Crippen LogP contribution in [0.15, 0.2) is 0 Å². The fraction of sp³-hybridized carbons (Fsp3) is 0.905. The van der Waals surface area contributed by atoms with E-state index in [1.807, 2.05) is 0 Å². The zero-order valence-electron chi connectivity index (χ0n) is 17.6. The molecule has 0 aromatic heterocycles. The van der Waals surface area contributed by atoms with E-state index in [1.54, 1.807) is 0 Å². The summed E-state index contributed by atoms with van der Waals surface area (Å²) >= 11 is 0. The van der Waals surface area contributed by atoms with Crippen molar-refractivity contribution in [3.63, 3.8) is 0 Å². The van der Waals surface area contributed by atoms with Gasteiger partial charge < -0.3 is 19.3 Å². The van der Waals surface area contributed by atoms with Crippen LogP contribution in [-0.2, 0) is 19.1 Å². The first-order valence-corrected chi connectivity index (χ1v) is 10.6. The van der Waals surface area contributed by atoms with Gasteiger partial charge >= 0.3 is 11.9 Å². The summed E-state index contributed by atoms with van der Waals surface area (Å²) in [5.41, 5.74) is 0. The Balaban J connectivity index is 1.54. The zero-order valence-corrected chi connectivity index (χ0v) is 17.6. The standard InChI is InChI=1S/C21H38N2O4/c1-22(2)16-8-12-18(13-9-16)26-20(24)6-5-7-21(25)27-19-14-10-17(11-15-19)23(3)4/h16-19H,5-15H2,1-4H3. The quantitative estimate of drug-likeness (QED) is 0.602. The van der Waals surface area contributed by atoms with E-state index in [4.69, 9.17) is 9.47 Å². The molecule has 2 fully saturated rings. The number of rotatable bonds is 8. The van der Waals surface area contributed by atoms with Gasteiger partial charge in [-0.15, -0.1) is 0 Å². The Hall–Kier alpha value is -1.14. The molecule has 0 spiro atoms. The average molecular weight is 383 g/mol. The molecule has 156 valence electrons. The first kappa shape index (κ1) is 22.2. The third kappa shape index (κ3) is 7.78. The van der Waals surface area contributed by atoms with Gasteiger partial charge in [0.25, 0.3) is 0 Å². The zero-order chi connectivity index (χ0) is 19.8. The number of nitrogens with zero attached hydrogens (tertiary/aromatic N) is 2. The van der Waals surface area contributed by atoms with Crippen molar-refractivity contribution in [3.8, 4) is 0 Å². The van der Waals surface area contributed by atoms with Gasteiger partial charge in [0.15, 0.2) is 0 Å². The molecule has 0 aromatic rings. The molecule has 2 rings (SSSR count). The lowest BCUT2D eigenvalue weighted by Crippen LogP contribution is -2.35. The van der Waals surface area contributed by atoms with Gasteiger partial charge in [-0.05, 0) is 86.0 Å². The Labute approximate surface area is 164 Å². The normalized spacial score (nSPS) is 29.0. The van der Waals surface area contributed by atoms with E-state index in [-0.39, 0.29) is 24.1 Å². The van der Waals surface area contributed by atoms with Gasteiger partial charge in [-0.2, -0.15) is 0 Å². The van der Waals surface area contributed by atoms with Crippen molar-refractivity contribution in [2.24, 2.45) is 0 Å². The van der Waals surface area contributed by atoms with Gasteiger partial charge in [0.2, 0.25) is 0 Å². The molecule has 27 heavy (non-hydrogen) atoms. The van der Waals surface area contributed by atoms with Crippen LogP contribution in [0, 0.1) is 0 Å². The third-order valence-electron chi connectivity index (χ3n) is 6.11. The van der Waals surface area contributed by atoms with Crippen molar-refractivity contribution in [1.82, 2.24) is 9.80 Å². The largest absolute Gasteiger partial charge is 0.462 e. The molecule has 2 aliphatic carbocycles. The van der Waals surface area contributed by atoms with Crippen molar-refractivity contribution in [2.45, 2.75) is 94.9 Å². The Morgan fingerprint density at radius 1 is 0.667 bits per heavy atom. The lowest BCUT2D eigenvalue weighted by molar-refractivity contribution is -0.152. The molecule has 0 radical (unpaired) electrons. The van der Waals surface area contributed by atoms with Gasteiger partial charge in [0.1, 0.15) is 12.2 Å². The van der Waals surface area contributed by atoms with Crippen molar-refractivity contribution in [2.75, 3.05) is 28.2 Å². The SMILES string of the molecule is CN(C)C1CCC(OC(=O)CCCC(=O)OC2CCC(N(C)C)CC2)CC1. The molecular formula is C21H38N2O4. The van der Waals surface area contributed by atoms with Crippen LogP contribution < -0.4 is 0 Å². The molecule has 0 bridgehead atoms. The number of hydrogen-bond donors (Lipinski definition) is 0. The molecule has 0 aromatic carbocycles. The summed E-state index contributed by atoms with van der Waals surface area (Å²) in [5.74, 6) is -0.356. The van der Waals surface area contributed by atoms with Crippen LogP contribution in [0.1, 0.15) is 70.6 Å². The minimum atomic E-state index is -0.178. The lowest BCUT2D eigenvalue weighted by atomic mass is 9.92. The number of carbonyl (C=O) groups excluding carboxylic acids is 2. The van der Waals surface area contributed by atoms with E-state index in [1.165, 1.54) is 0 Å². The summed E-state index contributed by atoms with van der Waals surface area (Å²) in [6.07, 6.45) is 9.27. The van der Waals surface area contributed by atoms with Crippen LogP contribution in [0.2, 0.25) is 0 Å². The number of carbonyl (C=O) groups is 2. The van der Waals surface area contributed by atoms with Gasteiger partial charge in [-0.3, -0.25) is 9.59 Å². The lowest BCUT2D eigenvalue weighted by Gasteiger charge is -2.32. The van der Waals surface area contributed by atoms with Crippen molar-refractivity contribution < 1.29 is 19.1 Å². The number of hydrogen-bond acceptors (Lipinski definition) is 6. The van der Waals surface area contributed by atoms with Crippen molar-refractivity contribution in [3.05, 3.63) is 0 Å². The highest BCUT2D eigenvalue weighted by Gasteiger charge is 2.26. The summed E-state index contributed by atoms with van der Waals surface area (Å²) in [5, 5.41) is 0. The smallest absolute Gasteiger partial charge is 0.306 e. The molecule has 0 saturated heterocycles. The first-order valence-electron chi connectivity index (χ1n) is 10.6. The van der Waals surface area contributed by atoms with E-state index < -0.39 is 0 Å². The summed E-state index contributed by atoms with van der Waals surface area (Å²) in [4.78, 5) is 28.5. The predicted octanol–water partition coefficient (Wildman–Crippen LogP) is 2.99. The maximum absolute atomic E-state index is 12.0. The summed E-state index contributed by atoms with van der Waals surface area (Å²) in [6, 6.07) is 1.20. The van der Waals surface area contributed by atoms with E-state index in [2.05, 4.69) is 38.0 Å². The molecule has 0 aliphatic heterocycles. The van der Waals surface area contributed by atoms with Crippen molar-refractivity contribution >= 4 is 11.9 Å². The minimum absolute atomic E-state index is 0.0486. The third-order valence-corrected chi connectivity index (χ3v) is 6.11. The molecule has 0 heterocycles. The summed E-state index contributed by atoms with van der Waals surface area (Å²) in [7, 11) is 8.40. The second-order valence-electron chi connectivity index (χ2n) is 8.62. The molecule has 0 amide bonds. The van der Waals surface area contributed by atoms with Crippen LogP contribution in [0.5, 0.6) is 0 Å². The van der Waals surface area contributed by atoms with Crippen LogP contribution in [-0.4, -0.2) is 74.2 Å². The van der Waals surface area contributed by atoms with Crippen LogP contribution in [0.3, 0.4) is 0 Å². The monoisotopic (exact) mass is 382 g/mol. The Morgan fingerprint density at radius 2 is 1.00 bits per heavy atom. The first-order chi connectivity index (χ1) is 12.8. The molecule has 2 aliphatic rings. The van der Waals surface area contributed by atoms with Crippen LogP contribution in [0.25, 0.3) is 0 Å². The minimum Gasteiger partial charge on any atom is -0.462 e. The Kier molecular flexibility index (Phi) is 9.03. The molecule has 0 unspecified atom stereocenters. The second kappa shape index (κ2) is 11.0. The van der Waals surface area contributed by atoms with Crippen LogP contribution >= 0.6 is 0 Å². The van der Waals surface area contributed by atoms with E-state index >= 15 is 0 Å². The molecular weight excluding hydrogens is 344 g/mol. The predicted molar refractivity (Wildman–Crippen MR) is 105 cm³/mol. The molecule has 2 saturated carbocycles. The summed E-state index contributed by atoms with van der Waals surface area (Å²) in [6.45, 7) is 0. The van der Waals surface area contributed by atoms with Crippen LogP contribution in [0.4, 0.5) is 0 Å². The fourth-order valence-corrected chi connectivity index (χ4v) is 4.23. The second-order valence-corrected chi connectivity index (χ2v) is 8.62. The highest BCUT2D eigenvalue weighted by molar-refractivity contribution is 5.72. The Bertz CT molecular complexity index is 423. The van der Waals surface area contributed by atoms with E-state index in [0.717, 1.165) is 51.4 Å². The highest BCUT2D eigenvalue weighted by Crippen LogP contribution is 2.25. The molecule has 0 N–H and O–H groups in total. The van der Waals surface area contributed by atoms with Gasteiger partial charge in [-0.1, -0.05) is 0 Å². The topological polar surface area (TPSA) is 59.1 Å². The molecule has 0 atom stereocenters. The fourth-order valence-electron chi connectivity index (χ4n) is 4.23. The maximum Gasteiger partial charge on any atom is 0.306 e. The average Bonchev–Trinajstić information content (AvgIpc) is 2.62. The number of esters is 2. The van der Waals surface area contributed by atoms with Crippen molar-refractivity contribution in [1.29, 1.82) is 0 Å². The van der Waals surface area contributed by atoms with E-state index in [9.17, 15) is 9.59 Å². The summed E-state index contributed by atoms with van der Waals surface area (Å²) < 4.78 is 11.1. The van der Waals surface area contributed by atoms with E-state index in [0.29, 0.717) is 31.3 Å². The Morgan fingerprint density at radius 3 is 1.30 bits per heavy atom.